The van der Waals surface area contributed by atoms with Crippen molar-refractivity contribution in [1.29, 1.82) is 0 Å². The molecule has 0 radical (unpaired) electrons. The largest absolute Gasteiger partial charge is 0.508 e. The fourth-order valence-electron chi connectivity index (χ4n) is 3.67. The summed E-state index contributed by atoms with van der Waals surface area (Å²) in [6, 6.07) is 24.6. The maximum absolute atomic E-state index is 11.8. The van der Waals surface area contributed by atoms with Gasteiger partial charge in [0, 0.05) is 17.2 Å². The van der Waals surface area contributed by atoms with E-state index in [1.165, 1.54) is 13.2 Å². The van der Waals surface area contributed by atoms with E-state index in [1.54, 1.807) is 49.6 Å². The Balaban J connectivity index is 1.73. The van der Waals surface area contributed by atoms with Crippen LogP contribution in [-0.2, 0) is 6.61 Å². The van der Waals surface area contributed by atoms with Gasteiger partial charge in [-0.3, -0.25) is 10.1 Å². The van der Waals surface area contributed by atoms with Crippen LogP contribution in [0.5, 0.6) is 23.0 Å². The summed E-state index contributed by atoms with van der Waals surface area (Å²) in [5, 5.41) is 21.4. The van der Waals surface area contributed by atoms with Crippen LogP contribution < -0.4 is 14.2 Å². The van der Waals surface area contributed by atoms with Gasteiger partial charge < -0.3 is 19.3 Å². The summed E-state index contributed by atoms with van der Waals surface area (Å²) in [6.07, 6.45) is 0. The number of aromatic hydroxyl groups is 1. The lowest BCUT2D eigenvalue weighted by Gasteiger charge is -2.16. The monoisotopic (exact) mass is 457 g/mol. The summed E-state index contributed by atoms with van der Waals surface area (Å²) >= 11 is 0. The number of nitrogens with zero attached hydrogens (tertiary/aromatic N) is 1. The van der Waals surface area contributed by atoms with Crippen LogP contribution in [-0.4, -0.2) is 24.2 Å². The molecule has 172 valence electrons. The second-order valence-electron chi connectivity index (χ2n) is 7.51. The first-order chi connectivity index (χ1) is 16.5. The van der Waals surface area contributed by atoms with E-state index >= 15 is 0 Å². The molecular weight excluding hydrogens is 434 g/mol. The van der Waals surface area contributed by atoms with E-state index in [2.05, 4.69) is 0 Å². The van der Waals surface area contributed by atoms with Gasteiger partial charge in [0.05, 0.1) is 19.1 Å². The van der Waals surface area contributed by atoms with Crippen molar-refractivity contribution in [2.75, 3.05) is 14.2 Å². The van der Waals surface area contributed by atoms with Crippen LogP contribution in [0.2, 0.25) is 0 Å². The molecular formula is C27H23NO6. The maximum atomic E-state index is 11.8. The quantitative estimate of drug-likeness (QED) is 0.249. The first-order valence-electron chi connectivity index (χ1n) is 10.5. The summed E-state index contributed by atoms with van der Waals surface area (Å²) in [7, 11) is 3.09. The summed E-state index contributed by atoms with van der Waals surface area (Å²) in [5.74, 6) is 1.43. The molecule has 0 heterocycles. The Kier molecular flexibility index (Phi) is 6.64. The Morgan fingerprint density at radius 3 is 1.94 bits per heavy atom. The van der Waals surface area contributed by atoms with Crippen molar-refractivity contribution in [3.8, 4) is 45.3 Å². The predicted octanol–water partition coefficient (Wildman–Crippen LogP) is 6.23. The molecule has 0 aliphatic carbocycles. The zero-order valence-electron chi connectivity index (χ0n) is 18.7. The molecule has 0 unspecified atom stereocenters. The highest BCUT2D eigenvalue weighted by atomic mass is 16.6. The molecule has 7 heteroatoms. The number of ether oxygens (including phenoxy) is 3. The first kappa shape index (κ1) is 22.7. The van der Waals surface area contributed by atoms with Crippen LogP contribution in [0.3, 0.4) is 0 Å². The van der Waals surface area contributed by atoms with Gasteiger partial charge in [-0.25, -0.2) is 0 Å². The number of phenols is 1. The summed E-state index contributed by atoms with van der Waals surface area (Å²) < 4.78 is 17.0. The van der Waals surface area contributed by atoms with Gasteiger partial charge in [-0.05, 0) is 47.0 Å². The third kappa shape index (κ3) is 4.78. The third-order valence-corrected chi connectivity index (χ3v) is 5.40. The number of nitro groups is 1. The van der Waals surface area contributed by atoms with Gasteiger partial charge in [-0.1, -0.05) is 48.5 Å². The van der Waals surface area contributed by atoms with Crippen LogP contribution in [0.4, 0.5) is 5.69 Å². The number of rotatable bonds is 8. The number of hydrogen-bond acceptors (Lipinski definition) is 6. The zero-order chi connectivity index (χ0) is 24.1. The fraction of sp³-hybridized carbons (Fsp3) is 0.111. The van der Waals surface area contributed by atoms with Crippen LogP contribution >= 0.6 is 0 Å². The van der Waals surface area contributed by atoms with Gasteiger partial charge in [0.25, 0.3) is 0 Å². The van der Waals surface area contributed by atoms with Crippen molar-refractivity contribution in [2.45, 2.75) is 6.61 Å². The number of methoxy groups -OCH3 is 2. The predicted molar refractivity (Wildman–Crippen MR) is 130 cm³/mol. The lowest BCUT2D eigenvalue weighted by molar-refractivity contribution is -0.385. The number of phenolic OH excluding ortho intramolecular Hbond substituents is 1. The first-order valence-corrected chi connectivity index (χ1v) is 10.5. The molecule has 4 rings (SSSR count). The topological polar surface area (TPSA) is 91.1 Å². The van der Waals surface area contributed by atoms with Crippen molar-refractivity contribution in [1.82, 2.24) is 0 Å². The molecule has 0 aliphatic rings. The van der Waals surface area contributed by atoms with E-state index in [1.807, 2.05) is 36.4 Å². The summed E-state index contributed by atoms with van der Waals surface area (Å²) in [4.78, 5) is 11.4. The van der Waals surface area contributed by atoms with Crippen LogP contribution in [0.1, 0.15) is 5.56 Å². The molecule has 0 bridgehead atoms. The highest BCUT2D eigenvalue weighted by molar-refractivity contribution is 5.82. The van der Waals surface area contributed by atoms with Crippen molar-refractivity contribution >= 4 is 5.69 Å². The second kappa shape index (κ2) is 9.95. The van der Waals surface area contributed by atoms with Gasteiger partial charge >= 0.3 is 5.69 Å². The minimum Gasteiger partial charge on any atom is -0.508 e. The molecule has 0 saturated carbocycles. The molecule has 0 atom stereocenters. The van der Waals surface area contributed by atoms with E-state index in [0.717, 1.165) is 16.7 Å². The van der Waals surface area contributed by atoms with Crippen LogP contribution in [0.25, 0.3) is 22.3 Å². The highest BCUT2D eigenvalue weighted by Gasteiger charge is 2.20. The van der Waals surface area contributed by atoms with Crippen LogP contribution in [0.15, 0.2) is 84.9 Å². The molecule has 4 aromatic rings. The van der Waals surface area contributed by atoms with Crippen molar-refractivity contribution in [3.63, 3.8) is 0 Å². The molecule has 4 aromatic carbocycles. The van der Waals surface area contributed by atoms with E-state index in [-0.39, 0.29) is 23.8 Å². The minimum atomic E-state index is -0.460. The summed E-state index contributed by atoms with van der Waals surface area (Å²) in [5.41, 5.74) is 3.59. The molecule has 34 heavy (non-hydrogen) atoms. The fourth-order valence-corrected chi connectivity index (χ4v) is 3.67. The van der Waals surface area contributed by atoms with Gasteiger partial charge in [-0.15, -0.1) is 0 Å². The van der Waals surface area contributed by atoms with Gasteiger partial charge in [0.2, 0.25) is 0 Å². The van der Waals surface area contributed by atoms with Crippen molar-refractivity contribution in [2.24, 2.45) is 0 Å². The molecule has 7 nitrogen and oxygen atoms in total. The minimum absolute atomic E-state index is 0.142. The van der Waals surface area contributed by atoms with Crippen molar-refractivity contribution < 1.29 is 24.2 Å². The Morgan fingerprint density at radius 2 is 1.35 bits per heavy atom. The molecule has 0 spiro atoms. The number of nitro benzene ring substituents is 1. The average molecular weight is 457 g/mol. The van der Waals surface area contributed by atoms with E-state index in [9.17, 15) is 15.2 Å². The Hall–Kier alpha value is -4.52. The van der Waals surface area contributed by atoms with Gasteiger partial charge in [0.15, 0.2) is 5.75 Å². The van der Waals surface area contributed by atoms with Gasteiger partial charge in [-0.2, -0.15) is 0 Å². The smallest absolute Gasteiger partial charge is 0.311 e. The molecule has 0 aliphatic heterocycles. The van der Waals surface area contributed by atoms with Crippen LogP contribution in [0, 0.1) is 10.1 Å². The highest BCUT2D eigenvalue weighted by Crippen LogP contribution is 2.43. The molecule has 0 aromatic heterocycles. The lowest BCUT2D eigenvalue weighted by atomic mass is 9.97. The molecule has 0 fully saturated rings. The molecule has 1 N–H and O–H groups in total. The Bertz CT molecular complexity index is 1300. The number of hydrogen-bond donors (Lipinski definition) is 1. The second-order valence-corrected chi connectivity index (χ2v) is 7.51. The molecule has 0 saturated heterocycles. The van der Waals surface area contributed by atoms with Crippen molar-refractivity contribution in [3.05, 3.63) is 101 Å². The third-order valence-electron chi connectivity index (χ3n) is 5.40. The maximum Gasteiger partial charge on any atom is 0.311 e. The average Bonchev–Trinajstić information content (AvgIpc) is 2.87. The van der Waals surface area contributed by atoms with Gasteiger partial charge in [0.1, 0.15) is 23.9 Å². The van der Waals surface area contributed by atoms with E-state index in [0.29, 0.717) is 22.6 Å². The summed E-state index contributed by atoms with van der Waals surface area (Å²) in [6.45, 7) is 0.222. The lowest BCUT2D eigenvalue weighted by Crippen LogP contribution is -2.00. The Labute approximate surface area is 196 Å². The molecule has 0 amide bonds. The van der Waals surface area contributed by atoms with E-state index in [4.69, 9.17) is 14.2 Å². The SMILES string of the molecule is COc1cc(-c2ccc(OCc3ccccc3)c([N+](=O)[O-])c2)c(OC)cc1-c1ccc(O)cc1. The van der Waals surface area contributed by atoms with E-state index < -0.39 is 4.92 Å². The normalized spacial score (nSPS) is 10.5. The standard InChI is InChI=1S/C27H23NO6/c1-32-26-16-23(27(33-2)15-22(26)19-8-11-21(29)12-9-19)20-10-13-25(24(14-20)28(30)31)34-17-18-6-4-3-5-7-18/h3-16,29H,17H2,1-2H3. The zero-order valence-corrected chi connectivity index (χ0v) is 18.7. The number of benzene rings is 4. The Morgan fingerprint density at radius 1 is 0.765 bits per heavy atom.